The smallest absolute Gasteiger partial charge is 0.119 e. The lowest BCUT2D eigenvalue weighted by molar-refractivity contribution is -0.0163. The van der Waals surface area contributed by atoms with Gasteiger partial charge in [0, 0.05) is 17.9 Å². The van der Waals surface area contributed by atoms with Crippen LogP contribution in [0.25, 0.3) is 0 Å². The second kappa shape index (κ2) is 8.09. The summed E-state index contributed by atoms with van der Waals surface area (Å²) in [6.07, 6.45) is 0.712. The molecule has 0 aliphatic heterocycles. The molecule has 0 aromatic heterocycles. The first kappa shape index (κ1) is 15.9. The lowest BCUT2D eigenvalue weighted by Gasteiger charge is -2.19. The summed E-state index contributed by atoms with van der Waals surface area (Å²) in [5, 5.41) is 0. The molecule has 19 heavy (non-hydrogen) atoms. The summed E-state index contributed by atoms with van der Waals surface area (Å²) < 4.78 is 11.2. The molecule has 2 nitrogen and oxygen atoms in total. The molecule has 0 bridgehead atoms. The molecule has 0 radical (unpaired) electrons. The highest BCUT2D eigenvalue weighted by atomic mass is 35.5. The molecule has 0 N–H and O–H groups in total. The molecule has 3 heteroatoms. The Morgan fingerprint density at radius 1 is 1.11 bits per heavy atom. The van der Waals surface area contributed by atoms with Crippen molar-refractivity contribution < 1.29 is 9.47 Å². The summed E-state index contributed by atoms with van der Waals surface area (Å²) >= 11 is 5.56. The molecule has 1 rings (SSSR count). The van der Waals surface area contributed by atoms with Crippen molar-refractivity contribution in [3.63, 3.8) is 0 Å². The van der Waals surface area contributed by atoms with Crippen LogP contribution in [0.1, 0.15) is 32.8 Å². The van der Waals surface area contributed by atoms with Crippen molar-refractivity contribution >= 4 is 11.6 Å². The van der Waals surface area contributed by atoms with Crippen molar-refractivity contribution in [3.8, 4) is 17.6 Å². The highest BCUT2D eigenvalue weighted by Crippen LogP contribution is 2.12. The van der Waals surface area contributed by atoms with Crippen molar-refractivity contribution in [2.24, 2.45) is 0 Å². The van der Waals surface area contributed by atoms with Crippen molar-refractivity contribution in [2.45, 2.75) is 32.8 Å². The molecule has 0 atom stereocenters. The maximum Gasteiger partial charge on any atom is 0.119 e. The van der Waals surface area contributed by atoms with E-state index in [1.54, 1.807) is 0 Å². The number of ether oxygens (including phenoxy) is 2. The van der Waals surface area contributed by atoms with E-state index in [1.807, 2.05) is 45.0 Å². The van der Waals surface area contributed by atoms with E-state index in [1.165, 1.54) is 0 Å². The van der Waals surface area contributed by atoms with Gasteiger partial charge in [-0.15, -0.1) is 11.6 Å². The highest BCUT2D eigenvalue weighted by molar-refractivity contribution is 6.18. The van der Waals surface area contributed by atoms with E-state index >= 15 is 0 Å². The molecule has 0 aliphatic carbocycles. The average Bonchev–Trinajstić information content (AvgIpc) is 2.36. The van der Waals surface area contributed by atoms with Gasteiger partial charge in [0.2, 0.25) is 0 Å². The minimum Gasteiger partial charge on any atom is -0.491 e. The van der Waals surface area contributed by atoms with Crippen LogP contribution in [0.4, 0.5) is 0 Å². The summed E-state index contributed by atoms with van der Waals surface area (Å²) in [7, 11) is 0. The first-order valence-corrected chi connectivity index (χ1v) is 6.96. The first-order valence-electron chi connectivity index (χ1n) is 6.43. The molecule has 0 unspecified atom stereocenters. The monoisotopic (exact) mass is 280 g/mol. The maximum absolute atomic E-state index is 5.59. The molecule has 1 aromatic carbocycles. The normalized spacial score (nSPS) is 10.7. The second-order valence-electron chi connectivity index (χ2n) is 5.07. The molecule has 0 fully saturated rings. The van der Waals surface area contributed by atoms with Gasteiger partial charge in [-0.05, 0) is 45.0 Å². The zero-order valence-electron chi connectivity index (χ0n) is 11.8. The van der Waals surface area contributed by atoms with Gasteiger partial charge in [-0.3, -0.25) is 0 Å². The third kappa shape index (κ3) is 7.77. The zero-order valence-corrected chi connectivity index (χ0v) is 12.6. The number of hydrogen-bond donors (Lipinski definition) is 0. The van der Waals surface area contributed by atoms with Crippen LogP contribution in [0, 0.1) is 11.8 Å². The number of hydrogen-bond acceptors (Lipinski definition) is 2. The molecule has 0 saturated carbocycles. The number of alkyl halides is 1. The van der Waals surface area contributed by atoms with Gasteiger partial charge in [0.05, 0.1) is 12.2 Å². The molecular weight excluding hydrogens is 260 g/mol. The van der Waals surface area contributed by atoms with Gasteiger partial charge in [0.1, 0.15) is 12.4 Å². The van der Waals surface area contributed by atoms with E-state index in [4.69, 9.17) is 21.1 Å². The third-order valence-electron chi connectivity index (χ3n) is 2.19. The van der Waals surface area contributed by atoms with E-state index in [0.717, 1.165) is 11.3 Å². The summed E-state index contributed by atoms with van der Waals surface area (Å²) in [4.78, 5) is 0. The fourth-order valence-corrected chi connectivity index (χ4v) is 1.45. The zero-order chi connectivity index (χ0) is 14.1. The fraction of sp³-hybridized carbons (Fsp3) is 0.500. The summed E-state index contributed by atoms with van der Waals surface area (Å²) in [6, 6.07) is 7.73. The van der Waals surface area contributed by atoms with Crippen LogP contribution in [-0.4, -0.2) is 24.7 Å². The SMILES string of the molecule is CC(C)(C)OCCOc1ccc(C#CCCCl)cc1. The van der Waals surface area contributed by atoms with Gasteiger partial charge >= 0.3 is 0 Å². The Hall–Kier alpha value is -1.17. The predicted molar refractivity (Wildman–Crippen MR) is 79.9 cm³/mol. The first-order chi connectivity index (χ1) is 9.01. The number of halogens is 1. The van der Waals surface area contributed by atoms with Crippen LogP contribution in [0.15, 0.2) is 24.3 Å². The van der Waals surface area contributed by atoms with Crippen LogP contribution in [0.2, 0.25) is 0 Å². The Kier molecular flexibility index (Phi) is 6.77. The molecule has 0 spiro atoms. The fourth-order valence-electron chi connectivity index (χ4n) is 1.35. The van der Waals surface area contributed by atoms with Gasteiger partial charge in [0.25, 0.3) is 0 Å². The Morgan fingerprint density at radius 3 is 2.37 bits per heavy atom. The lowest BCUT2D eigenvalue weighted by atomic mass is 10.2. The Morgan fingerprint density at radius 2 is 1.79 bits per heavy atom. The second-order valence-corrected chi connectivity index (χ2v) is 5.45. The summed E-state index contributed by atoms with van der Waals surface area (Å²) in [5.41, 5.74) is 0.856. The van der Waals surface area contributed by atoms with Gasteiger partial charge in [-0.2, -0.15) is 0 Å². The molecule has 0 saturated heterocycles. The third-order valence-corrected chi connectivity index (χ3v) is 2.38. The molecule has 0 amide bonds. The van der Waals surface area contributed by atoms with E-state index in [0.29, 0.717) is 25.5 Å². The van der Waals surface area contributed by atoms with Crippen molar-refractivity contribution in [1.29, 1.82) is 0 Å². The van der Waals surface area contributed by atoms with Crippen LogP contribution in [-0.2, 0) is 4.74 Å². The highest BCUT2D eigenvalue weighted by Gasteiger charge is 2.09. The molecular formula is C16H21ClO2. The predicted octanol–water partition coefficient (Wildman–Crippen LogP) is 3.86. The van der Waals surface area contributed by atoms with Crippen LogP contribution < -0.4 is 4.74 Å². The number of benzene rings is 1. The Balaban J connectivity index is 2.35. The van der Waals surface area contributed by atoms with E-state index < -0.39 is 0 Å². The maximum atomic E-state index is 5.59. The Bertz CT molecular complexity index is 421. The van der Waals surface area contributed by atoms with Crippen LogP contribution in [0.3, 0.4) is 0 Å². The minimum atomic E-state index is -0.120. The molecule has 0 heterocycles. The minimum absolute atomic E-state index is 0.120. The number of rotatable bonds is 5. The quantitative estimate of drug-likeness (QED) is 0.463. The molecule has 104 valence electrons. The topological polar surface area (TPSA) is 18.5 Å². The van der Waals surface area contributed by atoms with Gasteiger partial charge in [-0.25, -0.2) is 0 Å². The van der Waals surface area contributed by atoms with Crippen molar-refractivity contribution in [1.82, 2.24) is 0 Å². The standard InChI is InChI=1S/C16H21ClO2/c1-16(2,3)19-13-12-18-15-9-7-14(8-10-15)6-4-5-11-17/h7-10H,5,11-13H2,1-3H3. The van der Waals surface area contributed by atoms with E-state index in [9.17, 15) is 0 Å². The lowest BCUT2D eigenvalue weighted by Crippen LogP contribution is -2.22. The van der Waals surface area contributed by atoms with Gasteiger partial charge in [0.15, 0.2) is 0 Å². The summed E-state index contributed by atoms with van der Waals surface area (Å²) in [5.74, 6) is 7.45. The average molecular weight is 281 g/mol. The van der Waals surface area contributed by atoms with Crippen LogP contribution in [0.5, 0.6) is 5.75 Å². The van der Waals surface area contributed by atoms with Gasteiger partial charge < -0.3 is 9.47 Å². The van der Waals surface area contributed by atoms with Crippen LogP contribution >= 0.6 is 11.6 Å². The van der Waals surface area contributed by atoms with Crippen molar-refractivity contribution in [2.75, 3.05) is 19.1 Å². The van der Waals surface area contributed by atoms with E-state index in [-0.39, 0.29) is 5.60 Å². The molecule has 1 aromatic rings. The molecule has 0 aliphatic rings. The van der Waals surface area contributed by atoms with Gasteiger partial charge in [-0.1, -0.05) is 11.8 Å². The Labute approximate surface area is 121 Å². The summed E-state index contributed by atoms with van der Waals surface area (Å²) in [6.45, 7) is 7.22. The largest absolute Gasteiger partial charge is 0.491 e. The van der Waals surface area contributed by atoms with Crippen molar-refractivity contribution in [3.05, 3.63) is 29.8 Å². The van der Waals surface area contributed by atoms with E-state index in [2.05, 4.69) is 11.8 Å².